The van der Waals surface area contributed by atoms with Crippen molar-refractivity contribution in [1.82, 2.24) is 30.1 Å². The number of thiophene rings is 1. The number of aliphatic hydroxyl groups is 1. The Labute approximate surface area is 209 Å². The highest BCUT2D eigenvalue weighted by Gasteiger charge is 2.19. The number of hydrogen-bond acceptors (Lipinski definition) is 7. The van der Waals surface area contributed by atoms with Gasteiger partial charge in [-0.1, -0.05) is 13.8 Å². The molecule has 0 aliphatic heterocycles. The molecule has 1 aromatic carbocycles. The fourth-order valence-electron chi connectivity index (χ4n) is 4.12. The van der Waals surface area contributed by atoms with Crippen molar-refractivity contribution < 1.29 is 9.50 Å². The number of nitrogens with zero attached hydrogens (tertiary/aromatic N) is 4. The molecule has 0 bridgehead atoms. The molecule has 36 heavy (non-hydrogen) atoms. The van der Waals surface area contributed by atoms with Crippen molar-refractivity contribution in [3.63, 3.8) is 0 Å². The van der Waals surface area contributed by atoms with Gasteiger partial charge in [0.05, 0.1) is 22.9 Å². The number of nitrogens with one attached hydrogen (secondary N) is 3. The van der Waals surface area contributed by atoms with E-state index in [-0.39, 0.29) is 5.92 Å². The summed E-state index contributed by atoms with van der Waals surface area (Å²) < 4.78 is 15.1. The van der Waals surface area contributed by atoms with Gasteiger partial charge in [-0.3, -0.25) is 10.1 Å². The second-order valence-corrected chi connectivity index (χ2v) is 9.68. The molecule has 0 aliphatic rings. The van der Waals surface area contributed by atoms with E-state index in [0.29, 0.717) is 44.9 Å². The lowest BCUT2D eigenvalue weighted by Crippen LogP contribution is -2.24. The number of aliphatic hydroxyl groups excluding tert-OH is 1. The van der Waals surface area contributed by atoms with Gasteiger partial charge in [-0.25, -0.2) is 14.4 Å². The van der Waals surface area contributed by atoms with Gasteiger partial charge < -0.3 is 15.4 Å². The fraction of sp³-hybridized carbons (Fsp3) is 0.154. The van der Waals surface area contributed by atoms with Gasteiger partial charge in [-0.05, 0) is 46.5 Å². The summed E-state index contributed by atoms with van der Waals surface area (Å²) in [5, 5.41) is 25.3. The highest BCUT2D eigenvalue weighted by Crippen LogP contribution is 2.34. The smallest absolute Gasteiger partial charge is 0.178 e. The van der Waals surface area contributed by atoms with Gasteiger partial charge in [0.15, 0.2) is 11.5 Å². The third-order valence-corrected chi connectivity index (χ3v) is 6.78. The number of H-pyrrole nitrogens is 2. The second-order valence-electron chi connectivity index (χ2n) is 8.90. The Morgan fingerprint density at radius 2 is 1.97 bits per heavy atom. The molecule has 4 N–H and O–H groups in total. The summed E-state index contributed by atoms with van der Waals surface area (Å²) in [6.45, 7) is 3.81. The summed E-state index contributed by atoms with van der Waals surface area (Å²) in [6, 6.07) is 8.93. The van der Waals surface area contributed by atoms with Crippen LogP contribution in [0.25, 0.3) is 55.8 Å². The van der Waals surface area contributed by atoms with E-state index in [2.05, 4.69) is 46.9 Å². The van der Waals surface area contributed by atoms with Crippen LogP contribution >= 0.6 is 11.3 Å². The van der Waals surface area contributed by atoms with Crippen LogP contribution in [0, 0.1) is 11.7 Å². The molecule has 10 heteroatoms. The molecule has 1 atom stereocenters. The summed E-state index contributed by atoms with van der Waals surface area (Å²) in [7, 11) is 0. The number of hydrogen-bond donors (Lipinski definition) is 4. The van der Waals surface area contributed by atoms with Gasteiger partial charge in [0.25, 0.3) is 0 Å². The number of halogens is 1. The maximum absolute atomic E-state index is 15.1. The van der Waals surface area contributed by atoms with Crippen LogP contribution in [0.15, 0.2) is 59.7 Å². The molecule has 0 amide bonds. The van der Waals surface area contributed by atoms with Crippen molar-refractivity contribution in [2.75, 3.05) is 5.32 Å². The van der Waals surface area contributed by atoms with Crippen LogP contribution in [-0.2, 0) is 0 Å². The van der Waals surface area contributed by atoms with E-state index in [9.17, 15) is 5.11 Å². The first kappa shape index (κ1) is 22.3. The van der Waals surface area contributed by atoms with E-state index < -0.39 is 12.0 Å². The first-order chi connectivity index (χ1) is 17.5. The Kier molecular flexibility index (Phi) is 5.46. The average molecular weight is 500 g/mol. The molecular weight excluding hydrogens is 477 g/mol. The van der Waals surface area contributed by atoms with Gasteiger partial charge in [-0.15, -0.1) is 0 Å². The number of rotatable bonds is 6. The van der Waals surface area contributed by atoms with Crippen LogP contribution in [0.2, 0.25) is 0 Å². The number of anilines is 1. The second kappa shape index (κ2) is 8.81. The minimum absolute atomic E-state index is 0.00813. The molecule has 0 saturated carbocycles. The third-order valence-electron chi connectivity index (χ3n) is 6.09. The molecule has 0 spiro atoms. The summed E-state index contributed by atoms with van der Waals surface area (Å²) in [4.78, 5) is 16.7. The number of fused-ring (bicyclic) bond motifs is 2. The topological polar surface area (TPSA) is 115 Å². The zero-order valence-electron chi connectivity index (χ0n) is 19.5. The standard InChI is InChI=1S/C26H22FN7OS/c1-13(2)26(35)30-16-7-15(10-28-11-16)18-8-19-21(9-20(18)27)33-34-23(19)25-31-22-17(14-4-6-36-12-14)3-5-29-24(22)32-25/h3-13,26,30,35H,1-2H3,(H,33,34)(H,29,31,32). The van der Waals surface area contributed by atoms with Crippen LogP contribution < -0.4 is 5.32 Å². The van der Waals surface area contributed by atoms with Crippen molar-refractivity contribution in [1.29, 1.82) is 0 Å². The predicted octanol–water partition coefficient (Wildman–Crippen LogP) is 5.82. The Morgan fingerprint density at radius 1 is 1.08 bits per heavy atom. The summed E-state index contributed by atoms with van der Waals surface area (Å²) in [5.74, 6) is 0.137. The average Bonchev–Trinajstić information content (AvgIpc) is 3.62. The molecule has 0 aliphatic carbocycles. The zero-order valence-corrected chi connectivity index (χ0v) is 20.3. The molecule has 0 saturated heterocycles. The number of aromatic amines is 2. The van der Waals surface area contributed by atoms with Gasteiger partial charge >= 0.3 is 0 Å². The quantitative estimate of drug-likeness (QED) is 0.215. The van der Waals surface area contributed by atoms with Gasteiger partial charge in [0, 0.05) is 40.5 Å². The Balaban J connectivity index is 1.44. The van der Waals surface area contributed by atoms with Crippen LogP contribution in [-0.4, -0.2) is 41.5 Å². The number of aromatic nitrogens is 6. The first-order valence-corrected chi connectivity index (χ1v) is 12.4. The molecule has 6 aromatic rings. The van der Waals surface area contributed by atoms with E-state index in [0.717, 1.165) is 16.6 Å². The monoisotopic (exact) mass is 499 g/mol. The lowest BCUT2D eigenvalue weighted by atomic mass is 10.0. The highest BCUT2D eigenvalue weighted by atomic mass is 32.1. The van der Waals surface area contributed by atoms with Crippen molar-refractivity contribution in [3.05, 3.63) is 65.5 Å². The number of pyridine rings is 2. The molecule has 1 unspecified atom stereocenters. The SMILES string of the molecule is CC(C)C(O)Nc1cncc(-c2cc3c(-c4nc5nccc(-c6ccsc6)c5[nH]4)n[nH]c3cc2F)c1. The van der Waals surface area contributed by atoms with Crippen LogP contribution in [0.4, 0.5) is 10.1 Å². The first-order valence-electron chi connectivity index (χ1n) is 11.4. The lowest BCUT2D eigenvalue weighted by Gasteiger charge is -2.17. The summed E-state index contributed by atoms with van der Waals surface area (Å²) >= 11 is 1.62. The molecule has 0 fully saturated rings. The van der Waals surface area contributed by atoms with Crippen molar-refractivity contribution >= 4 is 39.1 Å². The molecule has 180 valence electrons. The minimum Gasteiger partial charge on any atom is -0.374 e. The van der Waals surface area contributed by atoms with Crippen molar-refractivity contribution in [2.45, 2.75) is 20.1 Å². The van der Waals surface area contributed by atoms with E-state index in [1.165, 1.54) is 6.07 Å². The van der Waals surface area contributed by atoms with Gasteiger partial charge in [0.2, 0.25) is 0 Å². The van der Waals surface area contributed by atoms with Crippen LogP contribution in [0.5, 0.6) is 0 Å². The minimum atomic E-state index is -0.740. The molecule has 0 radical (unpaired) electrons. The summed E-state index contributed by atoms with van der Waals surface area (Å²) in [6.07, 6.45) is 4.19. The maximum atomic E-state index is 15.1. The Bertz CT molecular complexity index is 1690. The Hall–Kier alpha value is -4.15. The molecule has 8 nitrogen and oxygen atoms in total. The van der Waals surface area contributed by atoms with Crippen LogP contribution in [0.3, 0.4) is 0 Å². The summed E-state index contributed by atoms with van der Waals surface area (Å²) in [5.41, 5.74) is 6.16. The Morgan fingerprint density at radius 3 is 2.78 bits per heavy atom. The normalized spacial score (nSPS) is 12.6. The maximum Gasteiger partial charge on any atom is 0.178 e. The van der Waals surface area contributed by atoms with E-state index in [4.69, 9.17) is 0 Å². The van der Waals surface area contributed by atoms with E-state index in [1.54, 1.807) is 42.1 Å². The van der Waals surface area contributed by atoms with Gasteiger partial charge in [0.1, 0.15) is 17.7 Å². The lowest BCUT2D eigenvalue weighted by molar-refractivity contribution is 0.153. The van der Waals surface area contributed by atoms with Gasteiger partial charge in [-0.2, -0.15) is 16.4 Å². The number of imidazole rings is 1. The third kappa shape index (κ3) is 3.90. The highest BCUT2D eigenvalue weighted by molar-refractivity contribution is 7.08. The largest absolute Gasteiger partial charge is 0.374 e. The number of benzene rings is 1. The molecule has 6 rings (SSSR count). The molecular formula is C26H22FN7OS. The fourth-order valence-corrected chi connectivity index (χ4v) is 4.78. The molecule has 5 heterocycles. The van der Waals surface area contributed by atoms with Crippen molar-refractivity contribution in [3.8, 4) is 33.8 Å². The van der Waals surface area contributed by atoms with E-state index >= 15 is 4.39 Å². The molecule has 5 aromatic heterocycles. The van der Waals surface area contributed by atoms with Crippen LogP contribution in [0.1, 0.15) is 13.8 Å². The predicted molar refractivity (Wildman–Crippen MR) is 140 cm³/mol. The van der Waals surface area contributed by atoms with Crippen molar-refractivity contribution in [2.24, 2.45) is 5.92 Å². The zero-order chi connectivity index (χ0) is 24.8. The van der Waals surface area contributed by atoms with E-state index in [1.807, 2.05) is 25.3 Å².